The maximum atomic E-state index is 11.6. The summed E-state index contributed by atoms with van der Waals surface area (Å²) in [7, 11) is 0. The first kappa shape index (κ1) is 20.5. The van der Waals surface area contributed by atoms with Gasteiger partial charge in [-0.15, -0.1) is 0 Å². The molecule has 0 aromatic heterocycles. The second-order valence-electron chi connectivity index (χ2n) is 5.77. The number of ether oxygens (including phenoxy) is 1. The van der Waals surface area contributed by atoms with Crippen LogP contribution in [0.4, 0.5) is 0 Å². The number of hydrogen-bond donors (Lipinski definition) is 1. The van der Waals surface area contributed by atoms with Gasteiger partial charge in [0.05, 0.1) is 6.04 Å². The Balaban J connectivity index is 3.43. The smallest absolute Gasteiger partial charge is 0.311 e. The predicted octanol–water partition coefficient (Wildman–Crippen LogP) is 4.91. The molecule has 2 N–H and O–H groups in total. The minimum absolute atomic E-state index is 0.227. The average molecular weight is 316 g/mol. The number of hydrogen-bond acceptors (Lipinski definition) is 4. The van der Waals surface area contributed by atoms with Crippen molar-refractivity contribution in [1.29, 1.82) is 0 Å². The van der Waals surface area contributed by atoms with Gasteiger partial charge in [-0.3, -0.25) is 4.79 Å². The fraction of sp³-hybridized carbons (Fsp3) is 0.882. The Morgan fingerprint density at radius 1 is 0.952 bits per heavy atom. The van der Waals surface area contributed by atoms with Gasteiger partial charge in [-0.1, -0.05) is 71.6 Å². The Hall–Kier alpha value is -0.480. The zero-order valence-electron chi connectivity index (χ0n) is 13.9. The second kappa shape index (κ2) is 14.5. The van der Waals surface area contributed by atoms with Gasteiger partial charge in [0.25, 0.3) is 0 Å². The third-order valence-corrected chi connectivity index (χ3v) is 3.99. The van der Waals surface area contributed by atoms with Crippen LogP contribution in [0.1, 0.15) is 90.9 Å². The first-order valence-electron chi connectivity index (χ1n) is 8.61. The van der Waals surface area contributed by atoms with E-state index in [0.29, 0.717) is 6.42 Å². The monoisotopic (exact) mass is 315 g/mol. The molecule has 124 valence electrons. The lowest BCUT2D eigenvalue weighted by Gasteiger charge is -2.11. The van der Waals surface area contributed by atoms with Gasteiger partial charge in [0.1, 0.15) is 0 Å². The van der Waals surface area contributed by atoms with Gasteiger partial charge in [-0.05, 0) is 25.1 Å². The molecule has 4 heteroatoms. The number of thiocarbonyl (C=S) groups is 1. The molecule has 0 radical (unpaired) electrons. The molecule has 0 aliphatic heterocycles. The van der Waals surface area contributed by atoms with Crippen LogP contribution in [-0.4, -0.2) is 17.1 Å². The number of esters is 1. The summed E-state index contributed by atoms with van der Waals surface area (Å²) < 4.78 is 5.10. The zero-order chi connectivity index (χ0) is 15.9. The van der Waals surface area contributed by atoms with Crippen molar-refractivity contribution in [2.24, 2.45) is 5.73 Å². The van der Waals surface area contributed by atoms with Gasteiger partial charge in [0, 0.05) is 6.42 Å². The molecule has 21 heavy (non-hydrogen) atoms. The van der Waals surface area contributed by atoms with E-state index in [1.165, 1.54) is 44.9 Å². The van der Waals surface area contributed by atoms with Gasteiger partial charge in [-0.2, -0.15) is 0 Å². The van der Waals surface area contributed by atoms with Crippen molar-refractivity contribution in [3.8, 4) is 0 Å². The van der Waals surface area contributed by atoms with Crippen molar-refractivity contribution in [1.82, 2.24) is 0 Å². The molecule has 1 atom stereocenters. The van der Waals surface area contributed by atoms with E-state index >= 15 is 0 Å². The number of carbonyl (C=O) groups excluding carboxylic acids is 1. The fourth-order valence-electron chi connectivity index (χ4n) is 2.25. The minimum Gasteiger partial charge on any atom is -0.417 e. The lowest BCUT2D eigenvalue weighted by Crippen LogP contribution is -2.32. The van der Waals surface area contributed by atoms with Crippen molar-refractivity contribution in [3.63, 3.8) is 0 Å². The van der Waals surface area contributed by atoms with Crippen LogP contribution in [0.5, 0.6) is 0 Å². The molecular formula is C17H33NO2S. The van der Waals surface area contributed by atoms with E-state index in [1.54, 1.807) is 0 Å². The number of nitrogens with two attached hydrogens (primary N) is 1. The Labute approximate surface area is 136 Å². The highest BCUT2D eigenvalue weighted by Gasteiger charge is 2.13. The van der Waals surface area contributed by atoms with Crippen molar-refractivity contribution in [2.45, 2.75) is 96.9 Å². The lowest BCUT2D eigenvalue weighted by atomic mass is 10.1. The molecule has 1 unspecified atom stereocenters. The van der Waals surface area contributed by atoms with Gasteiger partial charge >= 0.3 is 5.97 Å². The maximum absolute atomic E-state index is 11.6. The molecule has 0 aromatic rings. The van der Waals surface area contributed by atoms with Crippen LogP contribution >= 0.6 is 12.2 Å². The molecule has 0 aliphatic carbocycles. The summed E-state index contributed by atoms with van der Waals surface area (Å²) >= 11 is 5.02. The molecule has 3 nitrogen and oxygen atoms in total. The van der Waals surface area contributed by atoms with Crippen LogP contribution in [0.2, 0.25) is 0 Å². The van der Waals surface area contributed by atoms with Crippen LogP contribution in [-0.2, 0) is 9.53 Å². The summed E-state index contributed by atoms with van der Waals surface area (Å²) in [6.07, 6.45) is 13.3. The van der Waals surface area contributed by atoms with Crippen LogP contribution in [0.15, 0.2) is 0 Å². The van der Waals surface area contributed by atoms with E-state index in [0.717, 1.165) is 25.7 Å². The topological polar surface area (TPSA) is 52.3 Å². The van der Waals surface area contributed by atoms with Crippen molar-refractivity contribution >= 4 is 23.2 Å². The quantitative estimate of drug-likeness (QED) is 0.298. The van der Waals surface area contributed by atoms with E-state index in [1.807, 2.05) is 6.92 Å². The third kappa shape index (κ3) is 12.9. The molecule has 0 heterocycles. The highest BCUT2D eigenvalue weighted by atomic mass is 32.1. The van der Waals surface area contributed by atoms with Crippen LogP contribution < -0.4 is 5.73 Å². The third-order valence-electron chi connectivity index (χ3n) is 3.60. The highest BCUT2D eigenvalue weighted by Crippen LogP contribution is 2.11. The minimum atomic E-state index is -0.294. The molecule has 0 fully saturated rings. The summed E-state index contributed by atoms with van der Waals surface area (Å²) in [6.45, 7) is 4.27. The summed E-state index contributed by atoms with van der Waals surface area (Å²) in [6, 6.07) is -0.294. The molecule has 0 bridgehead atoms. The Bertz CT molecular complexity index is 282. The first-order valence-corrected chi connectivity index (χ1v) is 9.02. The summed E-state index contributed by atoms with van der Waals surface area (Å²) in [5.41, 5.74) is 5.80. The summed E-state index contributed by atoms with van der Waals surface area (Å²) in [4.78, 5) is 11.6. The molecule has 0 rings (SSSR count). The molecule has 0 amide bonds. The molecular weight excluding hydrogens is 282 g/mol. The summed E-state index contributed by atoms with van der Waals surface area (Å²) in [5.74, 6) is -0.227. The van der Waals surface area contributed by atoms with Gasteiger partial charge < -0.3 is 10.5 Å². The van der Waals surface area contributed by atoms with Gasteiger partial charge in [-0.25, -0.2) is 0 Å². The molecule has 0 aliphatic rings. The SMILES string of the molecule is CCCCCCCCCCCC(=O)OC(=S)C(N)CCC. The van der Waals surface area contributed by atoms with Gasteiger partial charge in [0.2, 0.25) is 0 Å². The highest BCUT2D eigenvalue weighted by molar-refractivity contribution is 7.80. The fourth-order valence-corrected chi connectivity index (χ4v) is 2.46. The first-order chi connectivity index (χ1) is 10.1. The van der Waals surface area contributed by atoms with E-state index in [4.69, 9.17) is 22.7 Å². The predicted molar refractivity (Wildman–Crippen MR) is 93.4 cm³/mol. The molecule has 0 aromatic carbocycles. The molecule has 0 saturated carbocycles. The van der Waals surface area contributed by atoms with Crippen molar-refractivity contribution in [3.05, 3.63) is 0 Å². The van der Waals surface area contributed by atoms with E-state index in [-0.39, 0.29) is 17.1 Å². The molecule has 0 saturated heterocycles. The number of carbonyl (C=O) groups is 1. The van der Waals surface area contributed by atoms with Crippen LogP contribution in [0.3, 0.4) is 0 Å². The lowest BCUT2D eigenvalue weighted by molar-refractivity contribution is -0.135. The molecule has 0 spiro atoms. The van der Waals surface area contributed by atoms with E-state index < -0.39 is 0 Å². The van der Waals surface area contributed by atoms with Crippen LogP contribution in [0.25, 0.3) is 0 Å². The number of unbranched alkanes of at least 4 members (excludes halogenated alkanes) is 8. The normalized spacial score (nSPS) is 12.1. The average Bonchev–Trinajstić information content (AvgIpc) is 2.45. The van der Waals surface area contributed by atoms with Crippen molar-refractivity contribution < 1.29 is 9.53 Å². The maximum Gasteiger partial charge on any atom is 0.311 e. The van der Waals surface area contributed by atoms with Gasteiger partial charge in [0.15, 0.2) is 5.05 Å². The Kier molecular flexibility index (Phi) is 14.1. The Morgan fingerprint density at radius 2 is 1.48 bits per heavy atom. The standard InChI is InChI=1S/C17H33NO2S/c1-3-5-6-7-8-9-10-11-12-14-16(19)20-17(21)15(18)13-4-2/h15H,3-14,18H2,1-2H3. The van der Waals surface area contributed by atoms with E-state index in [2.05, 4.69) is 6.92 Å². The summed E-state index contributed by atoms with van der Waals surface area (Å²) in [5, 5.41) is 0.248. The van der Waals surface area contributed by atoms with Crippen molar-refractivity contribution in [2.75, 3.05) is 0 Å². The van der Waals surface area contributed by atoms with E-state index in [9.17, 15) is 4.79 Å². The number of rotatable bonds is 13. The van der Waals surface area contributed by atoms with Crippen LogP contribution in [0, 0.1) is 0 Å². The largest absolute Gasteiger partial charge is 0.417 e. The Morgan fingerprint density at radius 3 is 2.00 bits per heavy atom. The second-order valence-corrected chi connectivity index (χ2v) is 6.17. The zero-order valence-corrected chi connectivity index (χ0v) is 14.7.